The predicted octanol–water partition coefficient (Wildman–Crippen LogP) is 14.2. The van der Waals surface area contributed by atoms with Crippen molar-refractivity contribution in [2.45, 2.75) is 88.9 Å². The van der Waals surface area contributed by atoms with Crippen molar-refractivity contribution in [3.63, 3.8) is 0 Å². The third-order valence-electron chi connectivity index (χ3n) is 13.5. The zero-order valence-electron chi connectivity index (χ0n) is 30.2. The molecule has 254 valence electrons. The number of hydrogen-bond acceptors (Lipinski definition) is 1. The highest BCUT2D eigenvalue weighted by Crippen LogP contribution is 2.56. The van der Waals surface area contributed by atoms with Crippen LogP contribution in [0.15, 0.2) is 127 Å². The number of rotatable bonds is 6. The van der Waals surface area contributed by atoms with Gasteiger partial charge in [0.1, 0.15) is 0 Å². The number of hydrogen-bond donors (Lipinski definition) is 0. The summed E-state index contributed by atoms with van der Waals surface area (Å²) >= 11 is 0. The van der Waals surface area contributed by atoms with Crippen LogP contribution in [0.3, 0.4) is 0 Å². The van der Waals surface area contributed by atoms with Gasteiger partial charge in [0.25, 0.3) is 0 Å². The highest BCUT2D eigenvalue weighted by molar-refractivity contribution is 6.04. The molecule has 0 aromatic heterocycles. The van der Waals surface area contributed by atoms with Crippen LogP contribution < -0.4 is 4.90 Å². The molecule has 3 unspecified atom stereocenters. The Morgan fingerprint density at radius 1 is 0.569 bits per heavy atom. The second kappa shape index (κ2) is 12.3. The Morgan fingerprint density at radius 2 is 1.33 bits per heavy atom. The molecule has 1 heteroatoms. The van der Waals surface area contributed by atoms with Crippen molar-refractivity contribution in [1.29, 1.82) is 0 Å². The fraction of sp³-hybridized carbons (Fsp3) is 0.320. The van der Waals surface area contributed by atoms with E-state index in [4.69, 9.17) is 0 Å². The topological polar surface area (TPSA) is 3.24 Å². The summed E-state index contributed by atoms with van der Waals surface area (Å²) in [4.78, 5) is 2.64. The average Bonchev–Trinajstić information content (AvgIpc) is 3.88. The summed E-state index contributed by atoms with van der Waals surface area (Å²) in [6.45, 7) is 4.83. The van der Waals surface area contributed by atoms with Crippen LogP contribution in [-0.2, 0) is 5.41 Å². The first-order valence-electron chi connectivity index (χ1n) is 19.8. The molecule has 3 fully saturated rings. The van der Waals surface area contributed by atoms with Gasteiger partial charge in [-0.2, -0.15) is 0 Å². The van der Waals surface area contributed by atoms with Crippen molar-refractivity contribution < 1.29 is 0 Å². The quantitative estimate of drug-likeness (QED) is 0.171. The SMILES string of the molecule is CC1(C)c2ccccc2-c2cc(-c3ccccc3)c(N(c3ccc(C4CC5CCC4C5)cc3)c3cccc4cccc(C5CCCCC5)c34)cc21. The van der Waals surface area contributed by atoms with Gasteiger partial charge in [-0.15, -0.1) is 0 Å². The van der Waals surface area contributed by atoms with Crippen molar-refractivity contribution in [1.82, 2.24) is 0 Å². The number of anilines is 3. The molecule has 0 spiro atoms. The molecule has 3 saturated carbocycles. The Kier molecular flexibility index (Phi) is 7.49. The minimum absolute atomic E-state index is 0.0980. The maximum atomic E-state index is 2.64. The number of benzene rings is 6. The minimum atomic E-state index is -0.0980. The largest absolute Gasteiger partial charge is 0.309 e. The molecule has 1 nitrogen and oxygen atoms in total. The summed E-state index contributed by atoms with van der Waals surface area (Å²) in [6.07, 6.45) is 12.3. The Labute approximate surface area is 304 Å². The van der Waals surface area contributed by atoms with E-state index >= 15 is 0 Å². The lowest BCUT2D eigenvalue weighted by molar-refractivity contribution is 0.420. The zero-order valence-corrected chi connectivity index (χ0v) is 30.2. The van der Waals surface area contributed by atoms with Gasteiger partial charge in [0.2, 0.25) is 0 Å². The van der Waals surface area contributed by atoms with Crippen LogP contribution in [0.25, 0.3) is 33.0 Å². The summed E-state index contributed by atoms with van der Waals surface area (Å²) in [5, 5.41) is 2.76. The molecular weight excluding hydrogens is 615 g/mol. The lowest BCUT2D eigenvalue weighted by atomic mass is 9.81. The van der Waals surface area contributed by atoms with E-state index in [9.17, 15) is 0 Å². The van der Waals surface area contributed by atoms with E-state index in [1.54, 1.807) is 5.56 Å². The standard InChI is InChI=1S/C50H49N/c1-50(2)45-21-10-9-19-41(45)44-31-43(35-15-7-4-8-16-35)48(32-46(44)50)51(39-27-25-36(26-28-39)42-30-33-23-24-38(42)29-33)47-22-12-18-37-17-11-20-40(49(37)47)34-13-5-3-6-14-34/h4,7-12,15-22,25-28,31-34,38,42H,3,5-6,13-14,23-24,29-30H2,1-2H3. The van der Waals surface area contributed by atoms with E-state index in [1.807, 2.05) is 0 Å². The van der Waals surface area contributed by atoms with E-state index in [2.05, 4.69) is 146 Å². The van der Waals surface area contributed by atoms with Crippen LogP contribution in [0.2, 0.25) is 0 Å². The Bertz CT molecular complexity index is 2230. The molecule has 0 amide bonds. The first kappa shape index (κ1) is 31.1. The molecule has 0 saturated heterocycles. The summed E-state index contributed by atoms with van der Waals surface area (Å²) in [5.41, 5.74) is 14.9. The fourth-order valence-electron chi connectivity index (χ4n) is 11.0. The molecule has 3 atom stereocenters. The molecule has 0 heterocycles. The predicted molar refractivity (Wildman–Crippen MR) is 216 cm³/mol. The Morgan fingerprint density at radius 3 is 2.10 bits per heavy atom. The summed E-state index contributed by atoms with van der Waals surface area (Å²) < 4.78 is 0. The molecule has 0 radical (unpaired) electrons. The lowest BCUT2D eigenvalue weighted by Crippen LogP contribution is -2.18. The van der Waals surface area contributed by atoms with Gasteiger partial charge in [0.05, 0.1) is 11.4 Å². The fourth-order valence-corrected chi connectivity index (χ4v) is 11.0. The van der Waals surface area contributed by atoms with Crippen LogP contribution in [0.5, 0.6) is 0 Å². The average molecular weight is 664 g/mol. The number of fused-ring (bicyclic) bond motifs is 6. The van der Waals surface area contributed by atoms with Gasteiger partial charge in [-0.1, -0.05) is 137 Å². The summed E-state index contributed by atoms with van der Waals surface area (Å²) in [7, 11) is 0. The van der Waals surface area contributed by atoms with E-state index in [-0.39, 0.29) is 5.41 Å². The van der Waals surface area contributed by atoms with Crippen LogP contribution in [-0.4, -0.2) is 0 Å². The molecule has 51 heavy (non-hydrogen) atoms. The van der Waals surface area contributed by atoms with Gasteiger partial charge in [0.15, 0.2) is 0 Å². The zero-order chi connectivity index (χ0) is 34.1. The highest BCUT2D eigenvalue weighted by Gasteiger charge is 2.40. The van der Waals surface area contributed by atoms with Crippen LogP contribution in [0.1, 0.15) is 106 Å². The van der Waals surface area contributed by atoms with Crippen LogP contribution >= 0.6 is 0 Å². The van der Waals surface area contributed by atoms with Gasteiger partial charge < -0.3 is 4.90 Å². The second-order valence-corrected chi connectivity index (χ2v) is 16.7. The molecule has 0 aliphatic heterocycles. The normalized spacial score (nSPS) is 21.9. The van der Waals surface area contributed by atoms with E-state index in [1.165, 1.54) is 125 Å². The van der Waals surface area contributed by atoms with Gasteiger partial charge in [-0.05, 0) is 130 Å². The second-order valence-electron chi connectivity index (χ2n) is 16.7. The molecule has 6 aromatic rings. The third-order valence-corrected chi connectivity index (χ3v) is 13.5. The minimum Gasteiger partial charge on any atom is -0.309 e. The van der Waals surface area contributed by atoms with Gasteiger partial charge in [0, 0.05) is 22.1 Å². The highest BCUT2D eigenvalue weighted by atomic mass is 15.1. The summed E-state index contributed by atoms with van der Waals surface area (Å²) in [5.74, 6) is 3.14. The first-order valence-corrected chi connectivity index (χ1v) is 19.8. The van der Waals surface area contributed by atoms with Crippen LogP contribution in [0.4, 0.5) is 17.1 Å². The molecule has 4 aliphatic rings. The maximum Gasteiger partial charge on any atom is 0.0543 e. The van der Waals surface area contributed by atoms with Crippen LogP contribution in [0, 0.1) is 11.8 Å². The molecule has 0 N–H and O–H groups in total. The molecule has 10 rings (SSSR count). The Hall–Kier alpha value is -4.62. The third kappa shape index (κ3) is 5.10. The first-order chi connectivity index (χ1) is 25.0. The molecule has 4 aliphatic carbocycles. The van der Waals surface area contributed by atoms with E-state index < -0.39 is 0 Å². The summed E-state index contributed by atoms with van der Waals surface area (Å²) in [6, 6.07) is 49.2. The van der Waals surface area contributed by atoms with Crippen molar-refractivity contribution in [2.24, 2.45) is 11.8 Å². The monoisotopic (exact) mass is 663 g/mol. The van der Waals surface area contributed by atoms with Crippen molar-refractivity contribution in [2.75, 3.05) is 4.90 Å². The van der Waals surface area contributed by atoms with Crippen molar-refractivity contribution in [3.8, 4) is 22.3 Å². The van der Waals surface area contributed by atoms with E-state index in [0.29, 0.717) is 5.92 Å². The number of nitrogens with zero attached hydrogens (tertiary/aromatic N) is 1. The molecule has 2 bridgehead atoms. The van der Waals surface area contributed by atoms with Gasteiger partial charge in [-0.3, -0.25) is 0 Å². The smallest absolute Gasteiger partial charge is 0.0543 e. The maximum absolute atomic E-state index is 2.64. The van der Waals surface area contributed by atoms with E-state index in [0.717, 1.165) is 17.8 Å². The Balaban J connectivity index is 1.23. The lowest BCUT2D eigenvalue weighted by Gasteiger charge is -2.33. The van der Waals surface area contributed by atoms with Gasteiger partial charge in [-0.25, -0.2) is 0 Å². The molecular formula is C50H49N. The van der Waals surface area contributed by atoms with Crippen molar-refractivity contribution in [3.05, 3.63) is 150 Å². The van der Waals surface area contributed by atoms with Gasteiger partial charge >= 0.3 is 0 Å². The van der Waals surface area contributed by atoms with Crippen molar-refractivity contribution >= 4 is 27.8 Å². The molecule has 6 aromatic carbocycles.